The van der Waals surface area contributed by atoms with Gasteiger partial charge in [-0.25, -0.2) is 0 Å². The molecule has 0 radical (unpaired) electrons. The number of carbonyl (C=O) groups is 7. The standard InChI is InChI=1S/C30H54N14O9/c1-21(45)40-23(9-3-6-12-38-43-33)29(50)35-14-15-52-16-17-53-20-27(48)36-18-25(46)42-24(10-4-7-13-39-44-34)30(51)37-19-26(47)41-22(28(32)49)8-2-5-11-31/h22-24H,2-20,31H2,1H3,(H2,32,49)(H,35,50)(H,36,48)(H,37,51)(H,40,45)(H,41,47)(H,42,46)/t22-,23-,24-/m0/s1. The summed E-state index contributed by atoms with van der Waals surface area (Å²) in [6.45, 7) is 1.29. The van der Waals surface area contributed by atoms with Crippen molar-refractivity contribution in [3.8, 4) is 0 Å². The summed E-state index contributed by atoms with van der Waals surface area (Å²) in [5, 5.41) is 21.8. The van der Waals surface area contributed by atoms with Gasteiger partial charge in [0, 0.05) is 36.4 Å². The lowest BCUT2D eigenvalue weighted by Gasteiger charge is -2.19. The molecule has 0 fully saturated rings. The molecule has 0 aromatic carbocycles. The molecule has 53 heavy (non-hydrogen) atoms. The zero-order chi connectivity index (χ0) is 39.7. The van der Waals surface area contributed by atoms with Crippen molar-refractivity contribution >= 4 is 41.4 Å². The highest BCUT2D eigenvalue weighted by Crippen LogP contribution is 2.04. The number of amides is 7. The van der Waals surface area contributed by atoms with E-state index in [9.17, 15) is 33.6 Å². The summed E-state index contributed by atoms with van der Waals surface area (Å²) in [5.41, 5.74) is 27.6. The van der Waals surface area contributed by atoms with E-state index >= 15 is 0 Å². The lowest BCUT2D eigenvalue weighted by Crippen LogP contribution is -2.52. The second kappa shape index (κ2) is 31.5. The Morgan fingerprint density at radius 1 is 0.642 bits per heavy atom. The Kier molecular flexibility index (Phi) is 28.4. The highest BCUT2D eigenvalue weighted by Gasteiger charge is 2.23. The van der Waals surface area contributed by atoms with E-state index in [-0.39, 0.29) is 64.2 Å². The van der Waals surface area contributed by atoms with Crippen LogP contribution < -0.4 is 43.4 Å². The molecule has 23 nitrogen and oxygen atoms in total. The normalized spacial score (nSPS) is 12.0. The molecule has 7 amide bonds. The smallest absolute Gasteiger partial charge is 0.246 e. The number of nitrogens with one attached hydrogen (secondary N) is 6. The summed E-state index contributed by atoms with van der Waals surface area (Å²) in [5.74, 6) is -4.11. The fourth-order valence-electron chi connectivity index (χ4n) is 4.48. The van der Waals surface area contributed by atoms with Crippen molar-refractivity contribution in [2.75, 3.05) is 65.7 Å². The highest BCUT2D eigenvalue weighted by molar-refractivity contribution is 5.93. The van der Waals surface area contributed by atoms with Gasteiger partial charge in [0.25, 0.3) is 0 Å². The second-order valence-electron chi connectivity index (χ2n) is 11.5. The van der Waals surface area contributed by atoms with Crippen LogP contribution in [-0.4, -0.2) is 125 Å². The van der Waals surface area contributed by atoms with E-state index in [4.69, 9.17) is 32.0 Å². The summed E-state index contributed by atoms with van der Waals surface area (Å²) in [6.07, 6.45) is 3.97. The number of hydrogen-bond acceptors (Lipinski definition) is 12. The number of unbranched alkanes of at least 4 members (excludes halogenated alkanes) is 3. The van der Waals surface area contributed by atoms with Gasteiger partial charge in [-0.3, -0.25) is 33.6 Å². The van der Waals surface area contributed by atoms with Crippen molar-refractivity contribution in [2.45, 2.75) is 82.8 Å². The van der Waals surface area contributed by atoms with Crippen LogP contribution in [0, 0.1) is 0 Å². The van der Waals surface area contributed by atoms with Crippen LogP contribution in [0.4, 0.5) is 0 Å². The van der Waals surface area contributed by atoms with Crippen molar-refractivity contribution in [1.29, 1.82) is 0 Å². The monoisotopic (exact) mass is 754 g/mol. The third kappa shape index (κ3) is 27.2. The van der Waals surface area contributed by atoms with Gasteiger partial charge in [0.15, 0.2) is 0 Å². The molecule has 0 aromatic heterocycles. The largest absolute Gasteiger partial charge is 0.377 e. The van der Waals surface area contributed by atoms with Crippen LogP contribution >= 0.6 is 0 Å². The van der Waals surface area contributed by atoms with E-state index in [0.29, 0.717) is 58.0 Å². The van der Waals surface area contributed by atoms with Crippen LogP contribution in [0.1, 0.15) is 64.7 Å². The molecule has 0 aliphatic heterocycles. The molecule has 298 valence electrons. The number of hydrogen-bond donors (Lipinski definition) is 8. The Hall–Kier alpha value is -5.21. The zero-order valence-corrected chi connectivity index (χ0v) is 30.2. The van der Waals surface area contributed by atoms with Gasteiger partial charge >= 0.3 is 0 Å². The average molecular weight is 755 g/mol. The summed E-state index contributed by atoms with van der Waals surface area (Å²) in [6, 6.07) is -2.75. The SMILES string of the molecule is CC(=O)N[C@@H](CCCCN=[N+]=[N-])C(=O)NCCOCCOCC(=O)NCC(=O)N[C@@H](CCCCN=[N+]=[N-])C(=O)NCC(=O)N[C@@H](CCCCN)C(N)=O. The molecule has 3 atom stereocenters. The lowest BCUT2D eigenvalue weighted by atomic mass is 10.1. The van der Waals surface area contributed by atoms with Gasteiger partial charge in [-0.05, 0) is 62.6 Å². The van der Waals surface area contributed by atoms with Crippen LogP contribution in [-0.2, 0) is 43.0 Å². The third-order valence-corrected chi connectivity index (χ3v) is 7.12. The second-order valence-corrected chi connectivity index (χ2v) is 11.5. The van der Waals surface area contributed by atoms with Crippen LogP contribution in [0.5, 0.6) is 0 Å². The Bertz CT molecular complexity index is 1260. The van der Waals surface area contributed by atoms with Crippen molar-refractivity contribution in [1.82, 2.24) is 31.9 Å². The van der Waals surface area contributed by atoms with Crippen LogP contribution in [0.25, 0.3) is 20.9 Å². The predicted octanol–water partition coefficient (Wildman–Crippen LogP) is -1.58. The highest BCUT2D eigenvalue weighted by atomic mass is 16.5. The molecular formula is C30H54N14O9. The van der Waals surface area contributed by atoms with E-state index < -0.39 is 60.8 Å². The first kappa shape index (κ1) is 47.8. The first-order valence-electron chi connectivity index (χ1n) is 17.3. The fraction of sp³-hybridized carbons (Fsp3) is 0.767. The van der Waals surface area contributed by atoms with E-state index in [2.05, 4.69) is 52.0 Å². The number of rotatable bonds is 32. The van der Waals surface area contributed by atoms with Crippen LogP contribution in [0.3, 0.4) is 0 Å². The third-order valence-electron chi connectivity index (χ3n) is 7.12. The van der Waals surface area contributed by atoms with Crippen LogP contribution in [0.15, 0.2) is 10.2 Å². The van der Waals surface area contributed by atoms with E-state index in [1.54, 1.807) is 0 Å². The molecule has 0 heterocycles. The van der Waals surface area contributed by atoms with Crippen molar-refractivity contribution in [2.24, 2.45) is 21.7 Å². The summed E-state index contributed by atoms with van der Waals surface area (Å²) in [7, 11) is 0. The molecule has 10 N–H and O–H groups in total. The fourth-order valence-corrected chi connectivity index (χ4v) is 4.48. The van der Waals surface area contributed by atoms with E-state index in [1.807, 2.05) is 0 Å². The number of primary amides is 1. The Morgan fingerprint density at radius 3 is 1.72 bits per heavy atom. The Morgan fingerprint density at radius 2 is 1.15 bits per heavy atom. The molecule has 0 saturated heterocycles. The molecule has 0 unspecified atom stereocenters. The summed E-state index contributed by atoms with van der Waals surface area (Å²) >= 11 is 0. The summed E-state index contributed by atoms with van der Waals surface area (Å²) < 4.78 is 10.6. The number of nitrogens with zero attached hydrogens (tertiary/aromatic N) is 6. The maximum Gasteiger partial charge on any atom is 0.246 e. The van der Waals surface area contributed by atoms with Crippen molar-refractivity contribution in [3.63, 3.8) is 0 Å². The average Bonchev–Trinajstić information content (AvgIpc) is 3.12. The first-order valence-corrected chi connectivity index (χ1v) is 17.3. The van der Waals surface area contributed by atoms with Crippen LogP contribution in [0.2, 0.25) is 0 Å². The van der Waals surface area contributed by atoms with Gasteiger partial charge in [0.05, 0.1) is 32.9 Å². The minimum atomic E-state index is -1.08. The number of ether oxygens (including phenoxy) is 2. The summed E-state index contributed by atoms with van der Waals surface area (Å²) in [4.78, 5) is 90.7. The molecule has 23 heteroatoms. The molecule has 0 bridgehead atoms. The molecule has 0 aliphatic carbocycles. The zero-order valence-electron chi connectivity index (χ0n) is 30.2. The molecule has 0 aliphatic rings. The molecule has 0 saturated carbocycles. The predicted molar refractivity (Wildman–Crippen MR) is 190 cm³/mol. The van der Waals surface area contributed by atoms with Gasteiger partial charge in [0.1, 0.15) is 24.7 Å². The van der Waals surface area contributed by atoms with E-state index in [1.165, 1.54) is 6.92 Å². The number of carbonyl (C=O) groups excluding carboxylic acids is 7. The Balaban J connectivity index is 4.57. The van der Waals surface area contributed by atoms with Crippen molar-refractivity contribution in [3.05, 3.63) is 20.9 Å². The van der Waals surface area contributed by atoms with Gasteiger partial charge < -0.3 is 52.8 Å². The lowest BCUT2D eigenvalue weighted by molar-refractivity contribution is -0.132. The maximum atomic E-state index is 12.8. The Labute approximate surface area is 307 Å². The molecule has 0 spiro atoms. The van der Waals surface area contributed by atoms with Gasteiger partial charge in [-0.2, -0.15) is 0 Å². The van der Waals surface area contributed by atoms with Gasteiger partial charge in [-0.15, -0.1) is 0 Å². The quantitative estimate of drug-likeness (QED) is 0.0169. The van der Waals surface area contributed by atoms with Gasteiger partial charge in [-0.1, -0.05) is 23.1 Å². The minimum Gasteiger partial charge on any atom is -0.377 e. The van der Waals surface area contributed by atoms with Gasteiger partial charge in [0.2, 0.25) is 41.4 Å². The molecule has 0 rings (SSSR count). The first-order chi connectivity index (χ1) is 25.4. The van der Waals surface area contributed by atoms with E-state index in [0.717, 1.165) is 0 Å². The topological polar surface area (TPSA) is 360 Å². The maximum absolute atomic E-state index is 12.8. The van der Waals surface area contributed by atoms with Crippen molar-refractivity contribution < 1.29 is 43.0 Å². The number of nitrogens with two attached hydrogens (primary N) is 2. The molecule has 0 aromatic rings. The minimum absolute atomic E-state index is 0.0345. The molecular weight excluding hydrogens is 700 g/mol. The number of azide groups is 2.